The maximum Gasteiger partial charge on any atom is 0.339 e. The van der Waals surface area contributed by atoms with Crippen molar-refractivity contribution < 1.29 is 19.6 Å². The molecule has 1 aromatic heterocycles. The number of hydrogen-bond acceptors (Lipinski definition) is 6. The third-order valence-corrected chi connectivity index (χ3v) is 2.76. The van der Waals surface area contributed by atoms with E-state index in [1.165, 1.54) is 25.1 Å². The van der Waals surface area contributed by atoms with Crippen molar-refractivity contribution in [2.24, 2.45) is 0 Å². The molecular formula is C13H11N3O5. The van der Waals surface area contributed by atoms with Crippen molar-refractivity contribution >= 4 is 11.7 Å². The third-order valence-electron chi connectivity index (χ3n) is 2.76. The summed E-state index contributed by atoms with van der Waals surface area (Å²) in [6.07, 6.45) is 1.15. The van der Waals surface area contributed by atoms with Crippen molar-refractivity contribution in [1.82, 2.24) is 9.97 Å². The van der Waals surface area contributed by atoms with Gasteiger partial charge in [-0.25, -0.2) is 9.78 Å². The van der Waals surface area contributed by atoms with E-state index in [0.29, 0.717) is 11.3 Å². The number of hydrogen-bond donors (Lipinski definition) is 1. The molecule has 0 amide bonds. The molecule has 0 radical (unpaired) electrons. The summed E-state index contributed by atoms with van der Waals surface area (Å²) in [5, 5.41) is 19.6. The first-order valence-electron chi connectivity index (χ1n) is 5.88. The summed E-state index contributed by atoms with van der Waals surface area (Å²) in [5.74, 6) is -0.786. The molecule has 0 aliphatic carbocycles. The predicted molar refractivity (Wildman–Crippen MR) is 71.6 cm³/mol. The fraction of sp³-hybridized carbons (Fsp3) is 0.154. The zero-order valence-electron chi connectivity index (χ0n) is 11.2. The van der Waals surface area contributed by atoms with Gasteiger partial charge in [-0.15, -0.1) is 0 Å². The lowest BCUT2D eigenvalue weighted by Gasteiger charge is -2.06. The maximum absolute atomic E-state index is 10.9. The van der Waals surface area contributed by atoms with Crippen LogP contribution >= 0.6 is 0 Å². The second-order valence-corrected chi connectivity index (χ2v) is 4.26. The standard InChI is InChI=1S/C13H11N3O5/c1-7-5-9(3-4-11(7)16(19)20)21-13-14-6-10(12(17)18)8(2)15-13/h3-6H,1-2H3,(H,17,18). The molecule has 1 N–H and O–H groups in total. The average Bonchev–Trinajstić information content (AvgIpc) is 2.37. The molecule has 0 aliphatic rings. The SMILES string of the molecule is Cc1cc(Oc2ncc(C(=O)O)c(C)n2)ccc1[N+](=O)[O-]. The fourth-order valence-electron chi connectivity index (χ4n) is 1.71. The number of benzene rings is 1. The van der Waals surface area contributed by atoms with Crippen LogP contribution in [0.3, 0.4) is 0 Å². The molecule has 8 heteroatoms. The van der Waals surface area contributed by atoms with Crippen LogP contribution in [0.4, 0.5) is 5.69 Å². The van der Waals surface area contributed by atoms with Crippen molar-refractivity contribution in [3.63, 3.8) is 0 Å². The van der Waals surface area contributed by atoms with Crippen LogP contribution in [-0.2, 0) is 0 Å². The second kappa shape index (κ2) is 5.53. The molecule has 0 aliphatic heterocycles. The minimum atomic E-state index is -1.12. The first kappa shape index (κ1) is 14.4. The highest BCUT2D eigenvalue weighted by molar-refractivity contribution is 5.88. The van der Waals surface area contributed by atoms with Crippen LogP contribution in [0, 0.1) is 24.0 Å². The van der Waals surface area contributed by atoms with E-state index in [1.807, 2.05) is 0 Å². The molecule has 2 rings (SSSR count). The Hall–Kier alpha value is -3.03. The van der Waals surface area contributed by atoms with Gasteiger partial charge >= 0.3 is 12.0 Å². The maximum atomic E-state index is 10.9. The quantitative estimate of drug-likeness (QED) is 0.678. The number of aromatic carboxylic acids is 1. The number of nitro groups is 1. The molecule has 108 valence electrons. The van der Waals surface area contributed by atoms with Crippen LogP contribution in [0.25, 0.3) is 0 Å². The second-order valence-electron chi connectivity index (χ2n) is 4.26. The number of ether oxygens (including phenoxy) is 1. The molecule has 0 bridgehead atoms. The largest absolute Gasteiger partial charge is 0.478 e. The van der Waals surface area contributed by atoms with Gasteiger partial charge in [0.1, 0.15) is 5.75 Å². The predicted octanol–water partition coefficient (Wildman–Crippen LogP) is 2.49. The van der Waals surface area contributed by atoms with Crippen molar-refractivity contribution in [2.75, 3.05) is 0 Å². The molecule has 0 spiro atoms. The highest BCUT2D eigenvalue weighted by atomic mass is 16.6. The first-order valence-corrected chi connectivity index (χ1v) is 5.88. The van der Waals surface area contributed by atoms with E-state index in [1.54, 1.807) is 6.92 Å². The summed E-state index contributed by atoms with van der Waals surface area (Å²) < 4.78 is 5.37. The first-order chi connectivity index (χ1) is 9.88. The number of nitrogens with zero attached hydrogens (tertiary/aromatic N) is 3. The van der Waals surface area contributed by atoms with Gasteiger partial charge in [0.2, 0.25) is 0 Å². The van der Waals surface area contributed by atoms with Gasteiger partial charge in [-0.2, -0.15) is 4.98 Å². The number of aryl methyl sites for hydroxylation is 2. The van der Waals surface area contributed by atoms with Gasteiger partial charge in [0.25, 0.3) is 5.69 Å². The molecule has 1 aromatic carbocycles. The van der Waals surface area contributed by atoms with Gasteiger partial charge in [-0.1, -0.05) is 0 Å². The van der Waals surface area contributed by atoms with Crippen LogP contribution in [0.5, 0.6) is 11.8 Å². The van der Waals surface area contributed by atoms with Crippen LogP contribution in [-0.4, -0.2) is 26.0 Å². The normalized spacial score (nSPS) is 10.2. The van der Waals surface area contributed by atoms with Crippen molar-refractivity contribution in [1.29, 1.82) is 0 Å². The average molecular weight is 289 g/mol. The van der Waals surface area contributed by atoms with E-state index in [2.05, 4.69) is 9.97 Å². The number of carboxylic acids is 1. The number of nitro benzene ring substituents is 1. The van der Waals surface area contributed by atoms with Crippen LogP contribution < -0.4 is 4.74 Å². The summed E-state index contributed by atoms with van der Waals surface area (Å²) in [6.45, 7) is 3.11. The Morgan fingerprint density at radius 3 is 2.62 bits per heavy atom. The van der Waals surface area contributed by atoms with Gasteiger partial charge in [0, 0.05) is 17.8 Å². The molecular weight excluding hydrogens is 278 g/mol. The fourth-order valence-corrected chi connectivity index (χ4v) is 1.71. The Bertz CT molecular complexity index is 668. The smallest absolute Gasteiger partial charge is 0.339 e. The van der Waals surface area contributed by atoms with Gasteiger partial charge in [0.15, 0.2) is 0 Å². The molecule has 0 saturated heterocycles. The van der Waals surface area contributed by atoms with Gasteiger partial charge < -0.3 is 9.84 Å². The topological polar surface area (TPSA) is 115 Å². The zero-order chi connectivity index (χ0) is 15.6. The summed E-state index contributed by atoms with van der Waals surface area (Å²) in [6, 6.07) is 4.21. The molecule has 2 aromatic rings. The Balaban J connectivity index is 2.26. The Morgan fingerprint density at radius 2 is 2.10 bits per heavy atom. The van der Waals surface area contributed by atoms with Crippen LogP contribution in [0.15, 0.2) is 24.4 Å². The lowest BCUT2D eigenvalue weighted by atomic mass is 10.2. The lowest BCUT2D eigenvalue weighted by Crippen LogP contribution is -2.04. The lowest BCUT2D eigenvalue weighted by molar-refractivity contribution is -0.385. The van der Waals surface area contributed by atoms with Gasteiger partial charge in [0.05, 0.1) is 16.2 Å². The molecule has 8 nitrogen and oxygen atoms in total. The van der Waals surface area contributed by atoms with Gasteiger partial charge in [-0.05, 0) is 26.0 Å². The Morgan fingerprint density at radius 1 is 1.38 bits per heavy atom. The monoisotopic (exact) mass is 289 g/mol. The van der Waals surface area contributed by atoms with E-state index in [-0.39, 0.29) is 23.0 Å². The molecule has 0 atom stereocenters. The van der Waals surface area contributed by atoms with E-state index in [4.69, 9.17) is 9.84 Å². The summed E-state index contributed by atoms with van der Waals surface area (Å²) in [7, 11) is 0. The molecule has 0 unspecified atom stereocenters. The number of carbonyl (C=O) groups is 1. The van der Waals surface area contributed by atoms with Crippen molar-refractivity contribution in [3.05, 3.63) is 51.3 Å². The van der Waals surface area contributed by atoms with Crippen molar-refractivity contribution in [3.8, 4) is 11.8 Å². The molecule has 21 heavy (non-hydrogen) atoms. The van der Waals surface area contributed by atoms with E-state index >= 15 is 0 Å². The minimum absolute atomic E-state index is 0.0118. The highest BCUT2D eigenvalue weighted by Gasteiger charge is 2.13. The third kappa shape index (κ3) is 3.11. The number of carboxylic acid groups (broad SMARTS) is 1. The highest BCUT2D eigenvalue weighted by Crippen LogP contribution is 2.25. The van der Waals surface area contributed by atoms with E-state index in [9.17, 15) is 14.9 Å². The van der Waals surface area contributed by atoms with Crippen LogP contribution in [0.1, 0.15) is 21.6 Å². The Labute approximate surface area is 119 Å². The summed E-state index contributed by atoms with van der Waals surface area (Å²) >= 11 is 0. The molecule has 0 fully saturated rings. The van der Waals surface area contributed by atoms with E-state index in [0.717, 1.165) is 6.20 Å². The van der Waals surface area contributed by atoms with Gasteiger partial charge in [-0.3, -0.25) is 10.1 Å². The van der Waals surface area contributed by atoms with Crippen LogP contribution in [0.2, 0.25) is 0 Å². The Kier molecular flexibility index (Phi) is 3.79. The van der Waals surface area contributed by atoms with E-state index < -0.39 is 10.9 Å². The molecule has 0 saturated carbocycles. The number of rotatable bonds is 4. The van der Waals surface area contributed by atoms with Crippen molar-refractivity contribution in [2.45, 2.75) is 13.8 Å². The summed E-state index contributed by atoms with van der Waals surface area (Å²) in [4.78, 5) is 28.8. The zero-order valence-corrected chi connectivity index (χ0v) is 11.2. The molecule has 1 heterocycles. The number of aromatic nitrogens is 2. The minimum Gasteiger partial charge on any atom is -0.478 e. The summed E-state index contributed by atoms with van der Waals surface area (Å²) in [5.41, 5.74) is 0.686.